The van der Waals surface area contributed by atoms with Gasteiger partial charge in [0.25, 0.3) is 0 Å². The average Bonchev–Trinajstić information content (AvgIpc) is 2.66. The first-order valence-corrected chi connectivity index (χ1v) is 5.81. The number of hydrogen-bond donors (Lipinski definition) is 1. The second kappa shape index (κ2) is 4.90. The molecule has 2 aromatic rings. The Morgan fingerprint density at radius 1 is 1.31 bits per heavy atom. The van der Waals surface area contributed by atoms with Crippen molar-refractivity contribution in [3.63, 3.8) is 0 Å². The third-order valence-electron chi connectivity index (χ3n) is 2.13. The number of carboxylic acids is 1. The van der Waals surface area contributed by atoms with E-state index in [1.807, 2.05) is 35.7 Å². The summed E-state index contributed by atoms with van der Waals surface area (Å²) in [4.78, 5) is 14.8. The Balaban J connectivity index is 2.06. The van der Waals surface area contributed by atoms with E-state index in [1.54, 1.807) is 0 Å². The standard InChI is InChI=1S/C12H11NO2S/c14-12(15)7-11-13-10(8-16-11)6-9-4-2-1-3-5-9/h1-5,8H,6-7H2,(H,14,15). The van der Waals surface area contributed by atoms with Crippen LogP contribution in [0.3, 0.4) is 0 Å². The summed E-state index contributed by atoms with van der Waals surface area (Å²) < 4.78 is 0. The summed E-state index contributed by atoms with van der Waals surface area (Å²) in [5, 5.41) is 11.2. The number of rotatable bonds is 4. The fraction of sp³-hybridized carbons (Fsp3) is 0.167. The fourth-order valence-corrected chi connectivity index (χ4v) is 2.23. The topological polar surface area (TPSA) is 50.2 Å². The van der Waals surface area contributed by atoms with E-state index >= 15 is 0 Å². The highest BCUT2D eigenvalue weighted by atomic mass is 32.1. The molecule has 16 heavy (non-hydrogen) atoms. The molecule has 0 aliphatic carbocycles. The van der Waals surface area contributed by atoms with Gasteiger partial charge in [-0.1, -0.05) is 30.3 Å². The molecule has 0 aliphatic heterocycles. The summed E-state index contributed by atoms with van der Waals surface area (Å²) >= 11 is 1.41. The van der Waals surface area contributed by atoms with Gasteiger partial charge >= 0.3 is 5.97 Å². The van der Waals surface area contributed by atoms with Crippen molar-refractivity contribution in [3.05, 3.63) is 52.0 Å². The van der Waals surface area contributed by atoms with Crippen LogP contribution in [0, 0.1) is 0 Å². The molecular weight excluding hydrogens is 222 g/mol. The van der Waals surface area contributed by atoms with E-state index in [9.17, 15) is 4.79 Å². The molecule has 1 aromatic carbocycles. The monoisotopic (exact) mass is 233 g/mol. The third kappa shape index (κ3) is 2.90. The van der Waals surface area contributed by atoms with Crippen LogP contribution in [0.1, 0.15) is 16.3 Å². The predicted molar refractivity (Wildman–Crippen MR) is 62.7 cm³/mol. The molecule has 0 aliphatic rings. The van der Waals surface area contributed by atoms with Gasteiger partial charge in [-0.05, 0) is 5.56 Å². The van der Waals surface area contributed by atoms with Gasteiger partial charge in [0.05, 0.1) is 12.1 Å². The van der Waals surface area contributed by atoms with E-state index < -0.39 is 5.97 Å². The number of hydrogen-bond acceptors (Lipinski definition) is 3. The van der Waals surface area contributed by atoms with Crippen molar-refractivity contribution in [2.24, 2.45) is 0 Å². The highest BCUT2D eigenvalue weighted by Crippen LogP contribution is 2.14. The van der Waals surface area contributed by atoms with Gasteiger partial charge in [0, 0.05) is 11.8 Å². The summed E-state index contributed by atoms with van der Waals surface area (Å²) in [5.74, 6) is -0.833. The van der Waals surface area contributed by atoms with Crippen LogP contribution in [0.4, 0.5) is 0 Å². The zero-order valence-electron chi connectivity index (χ0n) is 8.59. The lowest BCUT2D eigenvalue weighted by molar-refractivity contribution is -0.136. The zero-order chi connectivity index (χ0) is 11.4. The molecule has 0 radical (unpaired) electrons. The average molecular weight is 233 g/mol. The number of benzene rings is 1. The minimum absolute atomic E-state index is 0.0133. The first-order chi connectivity index (χ1) is 7.74. The summed E-state index contributed by atoms with van der Waals surface area (Å²) in [6.07, 6.45) is 0.774. The van der Waals surface area contributed by atoms with Crippen LogP contribution < -0.4 is 0 Å². The van der Waals surface area contributed by atoms with E-state index in [0.29, 0.717) is 5.01 Å². The quantitative estimate of drug-likeness (QED) is 0.882. The molecule has 0 bridgehead atoms. The smallest absolute Gasteiger partial charge is 0.310 e. The van der Waals surface area contributed by atoms with Crippen LogP contribution in [-0.2, 0) is 17.6 Å². The largest absolute Gasteiger partial charge is 0.481 e. The Hall–Kier alpha value is -1.68. The SMILES string of the molecule is O=C(O)Cc1nc(Cc2ccccc2)cs1. The molecular formula is C12H11NO2S. The van der Waals surface area contributed by atoms with Crippen LogP contribution in [-0.4, -0.2) is 16.1 Å². The Bertz CT molecular complexity index is 479. The minimum Gasteiger partial charge on any atom is -0.481 e. The van der Waals surface area contributed by atoms with Crippen molar-refractivity contribution in [3.8, 4) is 0 Å². The van der Waals surface area contributed by atoms with Gasteiger partial charge < -0.3 is 5.11 Å². The Labute approximate surface area is 97.4 Å². The second-order valence-electron chi connectivity index (χ2n) is 3.47. The number of thiazole rings is 1. The zero-order valence-corrected chi connectivity index (χ0v) is 9.41. The van der Waals surface area contributed by atoms with Crippen molar-refractivity contribution in [2.45, 2.75) is 12.8 Å². The Kier molecular flexibility index (Phi) is 3.31. The van der Waals surface area contributed by atoms with Crippen LogP contribution in [0.25, 0.3) is 0 Å². The fourth-order valence-electron chi connectivity index (χ4n) is 1.45. The summed E-state index contributed by atoms with van der Waals surface area (Å²) in [6.45, 7) is 0. The highest BCUT2D eigenvalue weighted by Gasteiger charge is 2.06. The summed E-state index contributed by atoms with van der Waals surface area (Å²) in [6, 6.07) is 10.0. The Morgan fingerprint density at radius 2 is 2.06 bits per heavy atom. The normalized spacial score (nSPS) is 10.2. The van der Waals surface area contributed by atoms with Gasteiger partial charge in [-0.25, -0.2) is 4.98 Å². The van der Waals surface area contributed by atoms with Crippen LogP contribution in [0.15, 0.2) is 35.7 Å². The van der Waals surface area contributed by atoms with Crippen molar-refractivity contribution < 1.29 is 9.90 Å². The molecule has 3 nitrogen and oxygen atoms in total. The molecule has 0 saturated heterocycles. The van der Waals surface area contributed by atoms with Crippen LogP contribution in [0.2, 0.25) is 0 Å². The van der Waals surface area contributed by atoms with E-state index in [-0.39, 0.29) is 6.42 Å². The molecule has 2 rings (SSSR count). The Morgan fingerprint density at radius 3 is 2.75 bits per heavy atom. The molecule has 0 fully saturated rings. The maximum atomic E-state index is 10.5. The highest BCUT2D eigenvalue weighted by molar-refractivity contribution is 7.09. The van der Waals surface area contributed by atoms with Crippen LogP contribution in [0.5, 0.6) is 0 Å². The molecule has 1 N–H and O–H groups in total. The first-order valence-electron chi connectivity index (χ1n) is 4.93. The molecule has 1 heterocycles. The summed E-state index contributed by atoms with van der Waals surface area (Å²) in [7, 11) is 0. The van der Waals surface area contributed by atoms with Crippen molar-refractivity contribution in [1.29, 1.82) is 0 Å². The first kappa shape index (κ1) is 10.8. The summed E-state index contributed by atoms with van der Waals surface area (Å²) in [5.41, 5.74) is 2.13. The lowest BCUT2D eigenvalue weighted by atomic mass is 10.1. The number of carboxylic acid groups (broad SMARTS) is 1. The number of aromatic nitrogens is 1. The molecule has 1 aromatic heterocycles. The maximum absolute atomic E-state index is 10.5. The van der Waals surface area contributed by atoms with Gasteiger partial charge in [0.2, 0.25) is 0 Å². The molecule has 4 heteroatoms. The molecule has 0 amide bonds. The van der Waals surface area contributed by atoms with Crippen LogP contribution >= 0.6 is 11.3 Å². The molecule has 0 unspecified atom stereocenters. The van der Waals surface area contributed by atoms with Gasteiger partial charge in [0.15, 0.2) is 0 Å². The van der Waals surface area contributed by atoms with Gasteiger partial charge in [0.1, 0.15) is 5.01 Å². The van der Waals surface area contributed by atoms with Gasteiger partial charge in [-0.2, -0.15) is 0 Å². The number of carbonyl (C=O) groups is 1. The number of nitrogens with zero attached hydrogens (tertiary/aromatic N) is 1. The maximum Gasteiger partial charge on any atom is 0.310 e. The second-order valence-corrected chi connectivity index (χ2v) is 4.41. The molecule has 0 spiro atoms. The van der Waals surface area contributed by atoms with Crippen molar-refractivity contribution in [2.75, 3.05) is 0 Å². The van der Waals surface area contributed by atoms with Crippen molar-refractivity contribution >= 4 is 17.3 Å². The molecule has 0 saturated carbocycles. The third-order valence-corrected chi connectivity index (χ3v) is 3.03. The predicted octanol–water partition coefficient (Wildman–Crippen LogP) is 2.36. The molecule has 0 atom stereocenters. The van der Waals surface area contributed by atoms with E-state index in [2.05, 4.69) is 4.98 Å². The van der Waals surface area contributed by atoms with E-state index in [0.717, 1.165) is 12.1 Å². The van der Waals surface area contributed by atoms with Gasteiger partial charge in [-0.15, -0.1) is 11.3 Å². The lowest BCUT2D eigenvalue weighted by Crippen LogP contribution is -1.99. The van der Waals surface area contributed by atoms with Gasteiger partial charge in [-0.3, -0.25) is 4.79 Å². The minimum atomic E-state index is -0.833. The van der Waals surface area contributed by atoms with E-state index in [1.165, 1.54) is 16.9 Å². The lowest BCUT2D eigenvalue weighted by Gasteiger charge is -1.96. The number of aliphatic carboxylic acids is 1. The van der Waals surface area contributed by atoms with E-state index in [4.69, 9.17) is 5.11 Å². The molecule has 82 valence electrons. The van der Waals surface area contributed by atoms with Crippen molar-refractivity contribution in [1.82, 2.24) is 4.98 Å².